The Labute approximate surface area is 156 Å². The van der Waals surface area contributed by atoms with E-state index in [1.807, 2.05) is 25.1 Å². The van der Waals surface area contributed by atoms with Gasteiger partial charge in [-0.05, 0) is 42.8 Å². The van der Waals surface area contributed by atoms with Gasteiger partial charge in [0.25, 0.3) is 0 Å². The molecule has 2 aromatic heterocycles. The lowest BCUT2D eigenvalue weighted by Gasteiger charge is -2.08. The van der Waals surface area contributed by atoms with Gasteiger partial charge in [-0.2, -0.15) is 13.2 Å². The van der Waals surface area contributed by atoms with Crippen molar-refractivity contribution in [2.45, 2.75) is 13.1 Å². The van der Waals surface area contributed by atoms with E-state index in [1.54, 1.807) is 0 Å². The third-order valence-electron chi connectivity index (χ3n) is 3.95. The zero-order valence-corrected chi connectivity index (χ0v) is 14.9. The van der Waals surface area contributed by atoms with Crippen molar-refractivity contribution < 1.29 is 13.2 Å². The molecule has 138 valence electrons. The van der Waals surface area contributed by atoms with Crippen LogP contribution >= 0.6 is 11.3 Å². The SMILES string of the molecule is Cc1ccc2[nH]c(-c3sc(Nc4cccc(C(F)(F)F)c4)nc3N)nc2c1. The number of nitrogens with one attached hydrogen (secondary N) is 2. The van der Waals surface area contributed by atoms with Gasteiger partial charge in [-0.3, -0.25) is 0 Å². The predicted octanol–water partition coefficient (Wildman–Crippen LogP) is 5.34. The molecule has 0 aliphatic carbocycles. The second kappa shape index (κ2) is 6.27. The fraction of sp³-hybridized carbons (Fsp3) is 0.111. The number of nitrogen functional groups attached to an aromatic ring is 1. The van der Waals surface area contributed by atoms with Gasteiger partial charge in [0, 0.05) is 5.69 Å². The normalized spacial score (nSPS) is 11.9. The summed E-state index contributed by atoms with van der Waals surface area (Å²) in [5, 5.41) is 3.26. The number of fused-ring (bicyclic) bond motifs is 1. The van der Waals surface area contributed by atoms with Crippen LogP contribution in [0.4, 0.5) is 29.8 Å². The highest BCUT2D eigenvalue weighted by molar-refractivity contribution is 7.19. The Morgan fingerprint density at radius 2 is 1.93 bits per heavy atom. The number of hydrogen-bond donors (Lipinski definition) is 3. The number of nitrogens with zero attached hydrogens (tertiary/aromatic N) is 2. The molecule has 0 fully saturated rings. The van der Waals surface area contributed by atoms with Gasteiger partial charge in [0.15, 0.2) is 11.0 Å². The number of rotatable bonds is 3. The van der Waals surface area contributed by atoms with Crippen LogP contribution < -0.4 is 11.1 Å². The summed E-state index contributed by atoms with van der Waals surface area (Å²) in [5.41, 5.74) is 8.32. The van der Waals surface area contributed by atoms with E-state index in [4.69, 9.17) is 5.73 Å². The van der Waals surface area contributed by atoms with Gasteiger partial charge in [0.2, 0.25) is 0 Å². The maximum absolute atomic E-state index is 12.9. The largest absolute Gasteiger partial charge is 0.416 e. The zero-order valence-electron chi connectivity index (χ0n) is 14.1. The van der Waals surface area contributed by atoms with E-state index in [0.717, 1.165) is 28.7 Å². The van der Waals surface area contributed by atoms with Crippen LogP contribution in [0.15, 0.2) is 42.5 Å². The average molecular weight is 389 g/mol. The molecule has 0 saturated heterocycles. The fourth-order valence-electron chi connectivity index (χ4n) is 2.68. The minimum Gasteiger partial charge on any atom is -0.382 e. The van der Waals surface area contributed by atoms with E-state index in [2.05, 4.69) is 20.3 Å². The van der Waals surface area contributed by atoms with Crippen molar-refractivity contribution in [2.24, 2.45) is 0 Å². The molecule has 4 N–H and O–H groups in total. The highest BCUT2D eigenvalue weighted by atomic mass is 32.1. The van der Waals surface area contributed by atoms with E-state index in [1.165, 1.54) is 23.5 Å². The molecular weight excluding hydrogens is 375 g/mol. The molecule has 0 spiro atoms. The summed E-state index contributed by atoms with van der Waals surface area (Å²) in [5.74, 6) is 0.827. The van der Waals surface area contributed by atoms with Crippen LogP contribution in [0.25, 0.3) is 21.7 Å². The number of imidazole rings is 1. The molecule has 0 aliphatic rings. The molecule has 2 heterocycles. The number of aryl methyl sites for hydroxylation is 1. The van der Waals surface area contributed by atoms with E-state index in [-0.39, 0.29) is 11.5 Å². The lowest BCUT2D eigenvalue weighted by atomic mass is 10.2. The summed E-state index contributed by atoms with van der Waals surface area (Å²) in [4.78, 5) is 12.5. The van der Waals surface area contributed by atoms with Gasteiger partial charge in [-0.15, -0.1) is 0 Å². The number of halogens is 3. The average Bonchev–Trinajstić information content (AvgIpc) is 3.17. The summed E-state index contributed by atoms with van der Waals surface area (Å²) < 4.78 is 38.6. The number of aromatic amines is 1. The molecule has 0 saturated carbocycles. The first kappa shape index (κ1) is 17.3. The number of benzene rings is 2. The van der Waals surface area contributed by atoms with Crippen LogP contribution in [0.3, 0.4) is 0 Å². The van der Waals surface area contributed by atoms with Gasteiger partial charge in [-0.1, -0.05) is 23.5 Å². The molecule has 4 rings (SSSR count). The number of alkyl halides is 3. The second-order valence-electron chi connectivity index (χ2n) is 6.04. The van der Waals surface area contributed by atoms with Crippen LogP contribution in [0.2, 0.25) is 0 Å². The topological polar surface area (TPSA) is 79.6 Å². The first-order valence-corrected chi connectivity index (χ1v) is 8.78. The number of nitrogens with two attached hydrogens (primary N) is 1. The minimum absolute atomic E-state index is 0.255. The molecule has 0 bridgehead atoms. The highest BCUT2D eigenvalue weighted by Crippen LogP contribution is 2.36. The summed E-state index contributed by atoms with van der Waals surface area (Å²) in [6.45, 7) is 1.98. The lowest BCUT2D eigenvalue weighted by molar-refractivity contribution is -0.137. The van der Waals surface area contributed by atoms with Crippen LogP contribution in [0.1, 0.15) is 11.1 Å². The molecule has 4 aromatic rings. The molecule has 0 amide bonds. The molecule has 0 radical (unpaired) electrons. The van der Waals surface area contributed by atoms with Crippen molar-refractivity contribution in [2.75, 3.05) is 11.1 Å². The quantitative estimate of drug-likeness (QED) is 0.442. The maximum atomic E-state index is 12.9. The van der Waals surface area contributed by atoms with Gasteiger partial charge in [0.1, 0.15) is 10.7 Å². The van der Waals surface area contributed by atoms with E-state index in [0.29, 0.717) is 15.8 Å². The Balaban J connectivity index is 1.65. The van der Waals surface area contributed by atoms with Crippen molar-refractivity contribution in [1.82, 2.24) is 15.0 Å². The van der Waals surface area contributed by atoms with Crippen LogP contribution in [-0.4, -0.2) is 15.0 Å². The fourth-order valence-corrected chi connectivity index (χ4v) is 3.52. The number of anilines is 3. The minimum atomic E-state index is -4.41. The van der Waals surface area contributed by atoms with Crippen molar-refractivity contribution in [3.63, 3.8) is 0 Å². The Hall–Kier alpha value is -3.07. The monoisotopic (exact) mass is 389 g/mol. The molecule has 9 heteroatoms. The Morgan fingerprint density at radius 3 is 2.70 bits per heavy atom. The lowest BCUT2D eigenvalue weighted by Crippen LogP contribution is -2.05. The first-order chi connectivity index (χ1) is 12.8. The third kappa shape index (κ3) is 3.45. The third-order valence-corrected chi connectivity index (χ3v) is 4.94. The van der Waals surface area contributed by atoms with Crippen molar-refractivity contribution >= 4 is 39.0 Å². The van der Waals surface area contributed by atoms with Gasteiger partial charge in [0.05, 0.1) is 16.6 Å². The van der Waals surface area contributed by atoms with E-state index in [9.17, 15) is 13.2 Å². The summed E-state index contributed by atoms with van der Waals surface area (Å²) >= 11 is 1.22. The van der Waals surface area contributed by atoms with Gasteiger partial charge in [-0.25, -0.2) is 9.97 Å². The smallest absolute Gasteiger partial charge is 0.382 e. The molecule has 0 aliphatic heterocycles. The first-order valence-electron chi connectivity index (χ1n) is 7.97. The van der Waals surface area contributed by atoms with E-state index < -0.39 is 11.7 Å². The number of H-pyrrole nitrogens is 1. The molecule has 5 nitrogen and oxygen atoms in total. The maximum Gasteiger partial charge on any atom is 0.416 e. The van der Waals surface area contributed by atoms with Crippen molar-refractivity contribution in [3.8, 4) is 10.7 Å². The Morgan fingerprint density at radius 1 is 1.11 bits per heavy atom. The standard InChI is InChI=1S/C18H14F3N5S/c1-9-5-6-12-13(7-9)25-16(24-12)14-15(22)26-17(27-14)23-11-4-2-3-10(8-11)18(19,20)21/h2-8H,22H2,1H3,(H,23,26)(H,24,25). The van der Waals surface area contributed by atoms with Gasteiger partial charge < -0.3 is 16.0 Å². The summed E-state index contributed by atoms with van der Waals surface area (Å²) in [6.07, 6.45) is -4.41. The molecular formula is C18H14F3N5S. The van der Waals surface area contributed by atoms with Crippen LogP contribution in [-0.2, 0) is 6.18 Å². The van der Waals surface area contributed by atoms with Crippen LogP contribution in [0, 0.1) is 6.92 Å². The highest BCUT2D eigenvalue weighted by Gasteiger charge is 2.30. The number of thiazole rings is 1. The molecule has 2 aromatic carbocycles. The number of hydrogen-bond acceptors (Lipinski definition) is 5. The van der Waals surface area contributed by atoms with Crippen LogP contribution in [0.5, 0.6) is 0 Å². The molecule has 0 unspecified atom stereocenters. The number of aromatic nitrogens is 3. The van der Waals surface area contributed by atoms with Crippen molar-refractivity contribution in [1.29, 1.82) is 0 Å². The van der Waals surface area contributed by atoms with Crippen molar-refractivity contribution in [3.05, 3.63) is 53.6 Å². The predicted molar refractivity (Wildman–Crippen MR) is 101 cm³/mol. The second-order valence-corrected chi connectivity index (χ2v) is 7.04. The molecule has 0 atom stereocenters. The molecule has 27 heavy (non-hydrogen) atoms. The Bertz CT molecular complexity index is 1130. The summed E-state index contributed by atoms with van der Waals surface area (Å²) in [6, 6.07) is 10.8. The van der Waals surface area contributed by atoms with E-state index >= 15 is 0 Å². The Kier molecular flexibility index (Phi) is 4.03. The zero-order chi connectivity index (χ0) is 19.2. The van der Waals surface area contributed by atoms with Gasteiger partial charge >= 0.3 is 6.18 Å². The summed E-state index contributed by atoms with van der Waals surface area (Å²) in [7, 11) is 0.